The lowest BCUT2D eigenvalue weighted by molar-refractivity contribution is -0.125. The summed E-state index contributed by atoms with van der Waals surface area (Å²) in [6, 6.07) is 16.2. The number of methoxy groups -OCH3 is 1. The standard InChI is InChI=1S/C24H31N3O3/c1-4-19-11-13-20(14-12-19)30-16-8-7-15-27-22-10-6-5-9-21(22)26-24(27)18(2)25-23(28)17-29-3/h5-6,9-14,18H,4,7-8,15-17H2,1-3H3,(H,25,28). The van der Waals surface area contributed by atoms with Crippen molar-refractivity contribution < 1.29 is 14.3 Å². The summed E-state index contributed by atoms with van der Waals surface area (Å²) in [6.45, 7) is 5.63. The van der Waals surface area contributed by atoms with Crippen LogP contribution in [0.3, 0.4) is 0 Å². The van der Waals surface area contributed by atoms with Crippen LogP contribution < -0.4 is 10.1 Å². The number of fused-ring (bicyclic) bond motifs is 1. The smallest absolute Gasteiger partial charge is 0.246 e. The van der Waals surface area contributed by atoms with Crippen molar-refractivity contribution in [3.8, 4) is 5.75 Å². The maximum atomic E-state index is 11.9. The molecular formula is C24H31N3O3. The number of amides is 1. The second kappa shape index (κ2) is 10.8. The number of benzene rings is 2. The van der Waals surface area contributed by atoms with Crippen LogP contribution in [0.5, 0.6) is 5.75 Å². The van der Waals surface area contributed by atoms with Gasteiger partial charge in [0.05, 0.1) is 23.7 Å². The van der Waals surface area contributed by atoms with E-state index in [1.54, 1.807) is 0 Å². The predicted octanol–water partition coefficient (Wildman–Crippen LogP) is 4.28. The van der Waals surface area contributed by atoms with Gasteiger partial charge in [0.1, 0.15) is 18.2 Å². The van der Waals surface area contributed by atoms with Crippen LogP contribution >= 0.6 is 0 Å². The molecule has 6 nitrogen and oxygen atoms in total. The van der Waals surface area contributed by atoms with Crippen molar-refractivity contribution in [3.63, 3.8) is 0 Å². The van der Waals surface area contributed by atoms with Crippen LogP contribution in [-0.2, 0) is 22.5 Å². The van der Waals surface area contributed by atoms with Crippen LogP contribution in [0.25, 0.3) is 11.0 Å². The van der Waals surface area contributed by atoms with E-state index in [1.165, 1.54) is 12.7 Å². The Hall–Kier alpha value is -2.86. The lowest BCUT2D eigenvalue weighted by Gasteiger charge is -2.16. The van der Waals surface area contributed by atoms with E-state index < -0.39 is 0 Å². The zero-order valence-electron chi connectivity index (χ0n) is 18.1. The largest absolute Gasteiger partial charge is 0.494 e. The van der Waals surface area contributed by atoms with Crippen LogP contribution in [-0.4, -0.2) is 35.8 Å². The molecule has 1 unspecified atom stereocenters. The number of imidazole rings is 1. The molecule has 2 aromatic carbocycles. The van der Waals surface area contributed by atoms with E-state index in [2.05, 4.69) is 35.0 Å². The topological polar surface area (TPSA) is 65.4 Å². The third-order valence-corrected chi connectivity index (χ3v) is 5.10. The van der Waals surface area contributed by atoms with E-state index in [-0.39, 0.29) is 18.6 Å². The minimum absolute atomic E-state index is 0.0428. The van der Waals surface area contributed by atoms with Crippen molar-refractivity contribution in [2.45, 2.75) is 45.7 Å². The molecule has 6 heteroatoms. The first-order valence-electron chi connectivity index (χ1n) is 10.6. The molecule has 0 saturated carbocycles. The van der Waals surface area contributed by atoms with Crippen molar-refractivity contribution in [1.29, 1.82) is 0 Å². The van der Waals surface area contributed by atoms with Crippen molar-refractivity contribution in [3.05, 3.63) is 59.9 Å². The summed E-state index contributed by atoms with van der Waals surface area (Å²) < 4.78 is 13.0. The van der Waals surface area contributed by atoms with E-state index in [9.17, 15) is 4.79 Å². The fourth-order valence-corrected chi connectivity index (χ4v) is 3.52. The summed E-state index contributed by atoms with van der Waals surface area (Å²) >= 11 is 0. The Morgan fingerprint density at radius 1 is 1.13 bits per heavy atom. The van der Waals surface area contributed by atoms with Gasteiger partial charge in [-0.3, -0.25) is 4.79 Å². The van der Waals surface area contributed by atoms with Gasteiger partial charge in [0.25, 0.3) is 0 Å². The normalized spacial score (nSPS) is 12.1. The van der Waals surface area contributed by atoms with Gasteiger partial charge in [-0.1, -0.05) is 31.2 Å². The molecule has 0 fully saturated rings. The number of rotatable bonds is 11. The first-order chi connectivity index (χ1) is 14.6. The number of nitrogens with zero attached hydrogens (tertiary/aromatic N) is 2. The number of aryl methyl sites for hydroxylation is 2. The lowest BCUT2D eigenvalue weighted by Crippen LogP contribution is -2.31. The molecule has 0 saturated heterocycles. The van der Waals surface area contributed by atoms with Gasteiger partial charge in [0, 0.05) is 13.7 Å². The van der Waals surface area contributed by atoms with Crippen LogP contribution in [0.4, 0.5) is 0 Å². The van der Waals surface area contributed by atoms with E-state index >= 15 is 0 Å². The highest BCUT2D eigenvalue weighted by Gasteiger charge is 2.18. The fourth-order valence-electron chi connectivity index (χ4n) is 3.52. The van der Waals surface area contributed by atoms with Crippen molar-refractivity contribution in [1.82, 2.24) is 14.9 Å². The summed E-state index contributed by atoms with van der Waals surface area (Å²) in [5.74, 6) is 1.62. The zero-order chi connectivity index (χ0) is 21.3. The lowest BCUT2D eigenvalue weighted by atomic mass is 10.2. The molecule has 3 rings (SSSR count). The summed E-state index contributed by atoms with van der Waals surface area (Å²) in [5, 5.41) is 2.96. The number of para-hydroxylation sites is 2. The van der Waals surface area contributed by atoms with Gasteiger partial charge in [-0.25, -0.2) is 4.98 Å². The van der Waals surface area contributed by atoms with Crippen molar-refractivity contribution >= 4 is 16.9 Å². The van der Waals surface area contributed by atoms with Crippen molar-refractivity contribution in [2.75, 3.05) is 20.3 Å². The zero-order valence-corrected chi connectivity index (χ0v) is 18.1. The Morgan fingerprint density at radius 3 is 2.63 bits per heavy atom. The summed E-state index contributed by atoms with van der Waals surface area (Å²) in [7, 11) is 1.51. The minimum atomic E-state index is -0.201. The molecule has 1 atom stereocenters. The second-order valence-corrected chi connectivity index (χ2v) is 7.39. The first kappa shape index (κ1) is 21.8. The molecule has 1 amide bonds. The molecular weight excluding hydrogens is 378 g/mol. The molecule has 0 spiro atoms. The number of ether oxygens (including phenoxy) is 2. The maximum Gasteiger partial charge on any atom is 0.246 e. The van der Waals surface area contributed by atoms with Gasteiger partial charge < -0.3 is 19.4 Å². The molecule has 1 aromatic heterocycles. The number of hydrogen-bond acceptors (Lipinski definition) is 4. The van der Waals surface area contributed by atoms with E-state index in [0.717, 1.165) is 48.4 Å². The molecule has 0 aliphatic carbocycles. The SMILES string of the molecule is CCc1ccc(OCCCCn2c(C(C)NC(=O)COC)nc3ccccc32)cc1. The van der Waals surface area contributed by atoms with E-state index in [4.69, 9.17) is 14.5 Å². The van der Waals surface area contributed by atoms with Crippen LogP contribution in [0.15, 0.2) is 48.5 Å². The van der Waals surface area contributed by atoms with Gasteiger partial charge in [-0.2, -0.15) is 0 Å². The van der Waals surface area contributed by atoms with E-state index in [1.807, 2.05) is 37.3 Å². The molecule has 0 aliphatic heterocycles. The monoisotopic (exact) mass is 409 g/mol. The van der Waals surface area contributed by atoms with Crippen LogP contribution in [0.1, 0.15) is 44.1 Å². The summed E-state index contributed by atoms with van der Waals surface area (Å²) in [6.07, 6.45) is 2.93. The van der Waals surface area contributed by atoms with Crippen LogP contribution in [0.2, 0.25) is 0 Å². The third-order valence-electron chi connectivity index (χ3n) is 5.10. The third kappa shape index (κ3) is 5.60. The Labute approximate surface area is 178 Å². The minimum Gasteiger partial charge on any atom is -0.494 e. The Kier molecular flexibility index (Phi) is 7.85. The molecule has 0 aliphatic rings. The average Bonchev–Trinajstić information content (AvgIpc) is 3.13. The van der Waals surface area contributed by atoms with Gasteiger partial charge in [0.2, 0.25) is 5.91 Å². The summed E-state index contributed by atoms with van der Waals surface area (Å²) in [4.78, 5) is 16.7. The average molecular weight is 410 g/mol. The molecule has 1 heterocycles. The molecule has 30 heavy (non-hydrogen) atoms. The van der Waals surface area contributed by atoms with Gasteiger partial charge in [-0.15, -0.1) is 0 Å². The number of unbranched alkanes of at least 4 members (excludes halogenated alkanes) is 1. The van der Waals surface area contributed by atoms with Gasteiger partial charge in [-0.05, 0) is 56.0 Å². The highest BCUT2D eigenvalue weighted by Crippen LogP contribution is 2.22. The van der Waals surface area contributed by atoms with Gasteiger partial charge in [0.15, 0.2) is 0 Å². The second-order valence-electron chi connectivity index (χ2n) is 7.39. The number of aromatic nitrogens is 2. The highest BCUT2D eigenvalue weighted by molar-refractivity contribution is 5.78. The predicted molar refractivity (Wildman–Crippen MR) is 119 cm³/mol. The number of carbonyl (C=O) groups excluding carboxylic acids is 1. The number of hydrogen-bond donors (Lipinski definition) is 1. The molecule has 3 aromatic rings. The summed E-state index contributed by atoms with van der Waals surface area (Å²) in [5.41, 5.74) is 3.33. The highest BCUT2D eigenvalue weighted by atomic mass is 16.5. The van der Waals surface area contributed by atoms with Gasteiger partial charge >= 0.3 is 0 Å². The van der Waals surface area contributed by atoms with Crippen molar-refractivity contribution in [2.24, 2.45) is 0 Å². The molecule has 0 bridgehead atoms. The number of nitrogens with one attached hydrogen (secondary N) is 1. The number of carbonyl (C=O) groups is 1. The van der Waals surface area contributed by atoms with E-state index in [0.29, 0.717) is 6.61 Å². The first-order valence-corrected chi connectivity index (χ1v) is 10.6. The Bertz CT molecular complexity index is 950. The maximum absolute atomic E-state index is 11.9. The Morgan fingerprint density at radius 2 is 1.90 bits per heavy atom. The Balaban J connectivity index is 1.60. The quantitative estimate of drug-likeness (QED) is 0.480. The molecule has 1 N–H and O–H groups in total. The molecule has 160 valence electrons. The molecule has 0 radical (unpaired) electrons. The fraction of sp³-hybridized carbons (Fsp3) is 0.417. The van der Waals surface area contributed by atoms with Crippen LogP contribution in [0, 0.1) is 0 Å².